The first-order chi connectivity index (χ1) is 10.6. The quantitative estimate of drug-likeness (QED) is 0.752. The molecule has 1 atom stereocenters. The number of nitrogens with one attached hydrogen (secondary N) is 1. The van der Waals surface area contributed by atoms with Gasteiger partial charge in [0.25, 0.3) is 0 Å². The molecule has 0 spiro atoms. The number of hydrogen-bond acceptors (Lipinski definition) is 3. The highest BCUT2D eigenvalue weighted by atomic mass is 35.5. The third kappa shape index (κ3) is 2.09. The van der Waals surface area contributed by atoms with Gasteiger partial charge in [-0.2, -0.15) is 5.10 Å². The SMILES string of the molecule is Oc1ccc(Cl)c(Cl)c1C1Cc2nc(-c3cn[nH]c3)cn2C1. The Kier molecular flexibility index (Phi) is 3.13. The summed E-state index contributed by atoms with van der Waals surface area (Å²) in [6.07, 6.45) is 6.27. The summed E-state index contributed by atoms with van der Waals surface area (Å²) in [5, 5.41) is 17.7. The minimum Gasteiger partial charge on any atom is -0.508 e. The van der Waals surface area contributed by atoms with E-state index in [4.69, 9.17) is 23.2 Å². The molecule has 1 aliphatic rings. The number of fused-ring (bicyclic) bond motifs is 1. The number of aromatic amines is 1. The van der Waals surface area contributed by atoms with Crippen LogP contribution in [-0.4, -0.2) is 24.9 Å². The van der Waals surface area contributed by atoms with Crippen molar-refractivity contribution in [2.45, 2.75) is 18.9 Å². The Morgan fingerprint density at radius 1 is 1.32 bits per heavy atom. The van der Waals surface area contributed by atoms with Crippen molar-refractivity contribution in [3.8, 4) is 17.0 Å². The number of H-pyrrole nitrogens is 1. The molecule has 2 N–H and O–H groups in total. The zero-order chi connectivity index (χ0) is 15.3. The first kappa shape index (κ1) is 13.7. The molecule has 3 aromatic rings. The highest BCUT2D eigenvalue weighted by Crippen LogP contribution is 2.42. The minimum atomic E-state index is 0.0760. The molecule has 0 fully saturated rings. The Labute approximate surface area is 136 Å². The maximum atomic E-state index is 10.1. The van der Waals surface area contributed by atoms with Crippen LogP contribution < -0.4 is 0 Å². The number of aromatic nitrogens is 4. The van der Waals surface area contributed by atoms with E-state index in [9.17, 15) is 5.11 Å². The summed E-state index contributed by atoms with van der Waals surface area (Å²) >= 11 is 12.3. The average molecular weight is 335 g/mol. The van der Waals surface area contributed by atoms with Gasteiger partial charge in [-0.3, -0.25) is 5.10 Å². The van der Waals surface area contributed by atoms with Crippen molar-refractivity contribution in [2.24, 2.45) is 0 Å². The van der Waals surface area contributed by atoms with E-state index in [0.717, 1.165) is 17.1 Å². The summed E-state index contributed by atoms with van der Waals surface area (Å²) in [5.41, 5.74) is 2.55. The lowest BCUT2D eigenvalue weighted by Crippen LogP contribution is -2.02. The van der Waals surface area contributed by atoms with Crippen molar-refractivity contribution in [1.29, 1.82) is 0 Å². The van der Waals surface area contributed by atoms with Crippen LogP contribution in [0.3, 0.4) is 0 Å². The fourth-order valence-electron chi connectivity index (χ4n) is 2.97. The van der Waals surface area contributed by atoms with Crippen LogP contribution in [0.1, 0.15) is 17.3 Å². The standard InChI is InChI=1S/C15H12Cl2N4O/c16-10-1-2-12(22)14(15(10)17)8-3-13-20-11(7-21(13)6-8)9-4-18-19-5-9/h1-2,4-5,7-8,22H,3,6H2,(H,18,19). The largest absolute Gasteiger partial charge is 0.508 e. The Bertz CT molecular complexity index is 818. The van der Waals surface area contributed by atoms with Crippen molar-refractivity contribution in [1.82, 2.24) is 19.7 Å². The molecule has 2 aromatic heterocycles. The molecule has 1 aromatic carbocycles. The van der Waals surface area contributed by atoms with Crippen LogP contribution in [0.4, 0.5) is 0 Å². The van der Waals surface area contributed by atoms with E-state index in [2.05, 4.69) is 19.7 Å². The van der Waals surface area contributed by atoms with E-state index >= 15 is 0 Å². The second kappa shape index (κ2) is 5.04. The molecule has 0 saturated carbocycles. The molecule has 112 valence electrons. The van der Waals surface area contributed by atoms with Crippen molar-refractivity contribution in [2.75, 3.05) is 0 Å². The average Bonchev–Trinajstić information content (AvgIpc) is 3.17. The molecule has 4 rings (SSSR count). The first-order valence-electron chi connectivity index (χ1n) is 6.85. The van der Waals surface area contributed by atoms with Gasteiger partial charge in [-0.1, -0.05) is 23.2 Å². The molecule has 0 aliphatic carbocycles. The molecule has 1 aliphatic heterocycles. The lowest BCUT2D eigenvalue weighted by Gasteiger charge is -2.14. The molecule has 0 saturated heterocycles. The van der Waals surface area contributed by atoms with Gasteiger partial charge in [0, 0.05) is 42.4 Å². The minimum absolute atomic E-state index is 0.0760. The normalized spacial score (nSPS) is 16.9. The lowest BCUT2D eigenvalue weighted by atomic mass is 9.96. The van der Waals surface area contributed by atoms with Gasteiger partial charge in [-0.15, -0.1) is 0 Å². The van der Waals surface area contributed by atoms with Gasteiger partial charge in [0.2, 0.25) is 0 Å². The summed E-state index contributed by atoms with van der Waals surface area (Å²) in [6.45, 7) is 0.716. The fraction of sp³-hybridized carbons (Fsp3) is 0.200. The van der Waals surface area contributed by atoms with Crippen LogP contribution in [-0.2, 0) is 13.0 Å². The van der Waals surface area contributed by atoms with Crippen LogP contribution in [0, 0.1) is 0 Å². The molecule has 0 bridgehead atoms. The predicted octanol–water partition coefficient (Wildman–Crippen LogP) is 3.63. The van der Waals surface area contributed by atoms with Crippen LogP contribution in [0.5, 0.6) is 5.75 Å². The van der Waals surface area contributed by atoms with Gasteiger partial charge in [0.1, 0.15) is 11.6 Å². The van der Waals surface area contributed by atoms with E-state index in [1.54, 1.807) is 18.3 Å². The second-order valence-corrected chi connectivity index (χ2v) is 6.16. The summed E-state index contributed by atoms with van der Waals surface area (Å²) in [5.74, 6) is 1.23. The summed E-state index contributed by atoms with van der Waals surface area (Å²) < 4.78 is 2.09. The zero-order valence-electron chi connectivity index (χ0n) is 11.4. The maximum absolute atomic E-state index is 10.1. The number of phenols is 1. The van der Waals surface area contributed by atoms with Gasteiger partial charge in [-0.05, 0) is 12.1 Å². The van der Waals surface area contributed by atoms with Crippen molar-refractivity contribution >= 4 is 23.2 Å². The van der Waals surface area contributed by atoms with Gasteiger partial charge in [0.15, 0.2) is 0 Å². The van der Waals surface area contributed by atoms with Crippen LogP contribution in [0.15, 0.2) is 30.7 Å². The number of nitrogens with zero attached hydrogens (tertiary/aromatic N) is 3. The summed E-state index contributed by atoms with van der Waals surface area (Å²) in [6, 6.07) is 3.19. The molecule has 22 heavy (non-hydrogen) atoms. The van der Waals surface area contributed by atoms with E-state index in [-0.39, 0.29) is 11.7 Å². The summed E-state index contributed by atoms with van der Waals surface area (Å²) in [4.78, 5) is 4.64. The van der Waals surface area contributed by atoms with E-state index in [1.165, 1.54) is 0 Å². The van der Waals surface area contributed by atoms with Gasteiger partial charge in [-0.25, -0.2) is 4.98 Å². The molecule has 5 nitrogen and oxygen atoms in total. The highest BCUT2D eigenvalue weighted by Gasteiger charge is 2.29. The van der Waals surface area contributed by atoms with E-state index < -0.39 is 0 Å². The van der Waals surface area contributed by atoms with Crippen LogP contribution in [0.2, 0.25) is 10.0 Å². The number of phenolic OH excluding ortho intramolecular Hbond substituents is 1. The van der Waals surface area contributed by atoms with Gasteiger partial charge in [0.05, 0.1) is 21.9 Å². The number of rotatable bonds is 2. The van der Waals surface area contributed by atoms with Crippen molar-refractivity contribution < 1.29 is 5.11 Å². The monoisotopic (exact) mass is 334 g/mol. The van der Waals surface area contributed by atoms with Crippen molar-refractivity contribution in [3.05, 3.63) is 52.2 Å². The van der Waals surface area contributed by atoms with Crippen LogP contribution >= 0.6 is 23.2 Å². The predicted molar refractivity (Wildman–Crippen MR) is 84.4 cm³/mol. The first-order valence-corrected chi connectivity index (χ1v) is 7.61. The number of imidazole rings is 1. The molecule has 0 amide bonds. The molecular weight excluding hydrogens is 323 g/mol. The Balaban J connectivity index is 1.66. The zero-order valence-corrected chi connectivity index (χ0v) is 12.9. The third-order valence-corrected chi connectivity index (χ3v) is 4.84. The number of halogens is 2. The summed E-state index contributed by atoms with van der Waals surface area (Å²) in [7, 11) is 0. The topological polar surface area (TPSA) is 66.7 Å². The number of benzene rings is 1. The Morgan fingerprint density at radius 2 is 2.18 bits per heavy atom. The molecule has 3 heterocycles. The Morgan fingerprint density at radius 3 is 2.91 bits per heavy atom. The molecule has 1 unspecified atom stereocenters. The number of hydrogen-bond donors (Lipinski definition) is 2. The van der Waals surface area contributed by atoms with Gasteiger partial charge >= 0.3 is 0 Å². The van der Waals surface area contributed by atoms with Crippen molar-refractivity contribution in [3.63, 3.8) is 0 Å². The second-order valence-electron chi connectivity index (χ2n) is 5.38. The maximum Gasteiger partial charge on any atom is 0.120 e. The van der Waals surface area contributed by atoms with Crippen LogP contribution in [0.25, 0.3) is 11.3 Å². The van der Waals surface area contributed by atoms with Gasteiger partial charge < -0.3 is 9.67 Å². The van der Waals surface area contributed by atoms with E-state index in [1.807, 2.05) is 12.4 Å². The third-order valence-electron chi connectivity index (χ3n) is 4.02. The smallest absolute Gasteiger partial charge is 0.120 e. The molecule has 7 heteroatoms. The Hall–Kier alpha value is -1.98. The number of aromatic hydroxyl groups is 1. The molecular formula is C15H12Cl2N4O. The fourth-order valence-corrected chi connectivity index (χ4v) is 3.44. The highest BCUT2D eigenvalue weighted by molar-refractivity contribution is 6.42. The lowest BCUT2D eigenvalue weighted by molar-refractivity contribution is 0.459. The van der Waals surface area contributed by atoms with E-state index in [0.29, 0.717) is 28.6 Å². The molecule has 0 radical (unpaired) electrons.